The van der Waals surface area contributed by atoms with E-state index in [9.17, 15) is 0 Å². The van der Waals surface area contributed by atoms with Crippen molar-refractivity contribution >= 4 is 11.6 Å². The zero-order chi connectivity index (χ0) is 12.7. The zero-order valence-corrected chi connectivity index (χ0v) is 11.3. The quantitative estimate of drug-likeness (QED) is 0.448. The van der Waals surface area contributed by atoms with Crippen LogP contribution in [0.5, 0.6) is 0 Å². The van der Waals surface area contributed by atoms with E-state index in [1.807, 2.05) is 13.0 Å². The van der Waals surface area contributed by atoms with Crippen LogP contribution in [0.25, 0.3) is 0 Å². The molecule has 0 aromatic heterocycles. The van der Waals surface area contributed by atoms with Gasteiger partial charge in [0.05, 0.1) is 0 Å². The molecule has 1 aromatic rings. The Balaban J connectivity index is 2.54. The molecule has 0 heterocycles. The van der Waals surface area contributed by atoms with Crippen LogP contribution in [-0.4, -0.2) is 19.8 Å². The first-order chi connectivity index (χ1) is 8.17. The van der Waals surface area contributed by atoms with E-state index in [-0.39, 0.29) is 6.04 Å². The van der Waals surface area contributed by atoms with Crippen molar-refractivity contribution in [3.63, 3.8) is 0 Å². The molecule has 0 fully saturated rings. The second-order valence-corrected chi connectivity index (χ2v) is 4.70. The fourth-order valence-corrected chi connectivity index (χ4v) is 2.11. The van der Waals surface area contributed by atoms with Crippen LogP contribution in [0.15, 0.2) is 18.2 Å². The predicted octanol–water partition coefficient (Wildman–Crippen LogP) is 2.45. The summed E-state index contributed by atoms with van der Waals surface area (Å²) < 4.78 is 5.03. The summed E-state index contributed by atoms with van der Waals surface area (Å²) in [4.78, 5) is 0. The number of hydrogen-bond donors (Lipinski definition) is 2. The fraction of sp³-hybridized carbons (Fsp3) is 0.538. The lowest BCUT2D eigenvalue weighted by atomic mass is 10.0. The van der Waals surface area contributed by atoms with Crippen molar-refractivity contribution < 1.29 is 4.74 Å². The number of halogens is 1. The Morgan fingerprint density at radius 2 is 2.24 bits per heavy atom. The van der Waals surface area contributed by atoms with Crippen LogP contribution in [0.3, 0.4) is 0 Å². The highest BCUT2D eigenvalue weighted by Gasteiger charge is 2.10. The number of aryl methyl sites for hydroxylation is 1. The van der Waals surface area contributed by atoms with Gasteiger partial charge >= 0.3 is 0 Å². The minimum absolute atomic E-state index is 0.241. The van der Waals surface area contributed by atoms with E-state index in [2.05, 4.69) is 17.6 Å². The SMILES string of the molecule is COCCCC(Cc1ccc(C)cc1Cl)NN. The number of hydrazine groups is 1. The fourth-order valence-electron chi connectivity index (χ4n) is 1.80. The number of rotatable bonds is 7. The van der Waals surface area contributed by atoms with Gasteiger partial charge < -0.3 is 4.74 Å². The minimum Gasteiger partial charge on any atom is -0.385 e. The molecule has 96 valence electrons. The number of benzene rings is 1. The highest BCUT2D eigenvalue weighted by atomic mass is 35.5. The monoisotopic (exact) mass is 256 g/mol. The Hall–Kier alpha value is -0.610. The summed E-state index contributed by atoms with van der Waals surface area (Å²) in [5.74, 6) is 5.55. The summed E-state index contributed by atoms with van der Waals surface area (Å²) in [7, 11) is 1.71. The van der Waals surface area contributed by atoms with Crippen LogP contribution < -0.4 is 11.3 Å². The smallest absolute Gasteiger partial charge is 0.0462 e. The maximum absolute atomic E-state index is 6.20. The average molecular weight is 257 g/mol. The van der Waals surface area contributed by atoms with Gasteiger partial charge in [-0.15, -0.1) is 0 Å². The predicted molar refractivity (Wildman–Crippen MR) is 72.1 cm³/mol. The Morgan fingerprint density at radius 1 is 1.47 bits per heavy atom. The summed E-state index contributed by atoms with van der Waals surface area (Å²) in [6.45, 7) is 2.80. The van der Waals surface area contributed by atoms with E-state index in [1.54, 1.807) is 7.11 Å². The Morgan fingerprint density at radius 3 is 2.82 bits per heavy atom. The third kappa shape index (κ3) is 5.04. The Labute approximate surface area is 108 Å². The second-order valence-electron chi connectivity index (χ2n) is 4.30. The van der Waals surface area contributed by atoms with Gasteiger partial charge in [0.2, 0.25) is 0 Å². The van der Waals surface area contributed by atoms with Crippen LogP contribution in [0.4, 0.5) is 0 Å². The first-order valence-corrected chi connectivity index (χ1v) is 6.25. The van der Waals surface area contributed by atoms with Crippen molar-refractivity contribution in [1.82, 2.24) is 5.43 Å². The zero-order valence-electron chi connectivity index (χ0n) is 10.5. The standard InChI is InChI=1S/C13H21ClN2O/c1-10-5-6-11(13(14)8-10)9-12(16-15)4-3-7-17-2/h5-6,8,12,16H,3-4,7,9,15H2,1-2H3. The molecule has 0 aliphatic rings. The van der Waals surface area contributed by atoms with Crippen molar-refractivity contribution in [2.45, 2.75) is 32.2 Å². The molecular formula is C13H21ClN2O. The van der Waals surface area contributed by atoms with E-state index in [4.69, 9.17) is 22.2 Å². The Bertz CT molecular complexity index is 344. The summed E-state index contributed by atoms with van der Waals surface area (Å²) in [5.41, 5.74) is 5.15. The van der Waals surface area contributed by atoms with Gasteiger partial charge in [0.25, 0.3) is 0 Å². The van der Waals surface area contributed by atoms with E-state index in [1.165, 1.54) is 5.56 Å². The normalized spacial score (nSPS) is 12.7. The molecule has 0 amide bonds. The molecule has 0 saturated heterocycles. The summed E-state index contributed by atoms with van der Waals surface area (Å²) in [6, 6.07) is 6.37. The van der Waals surface area contributed by atoms with Gasteiger partial charge in [0.1, 0.15) is 0 Å². The van der Waals surface area contributed by atoms with Crippen LogP contribution >= 0.6 is 11.6 Å². The molecule has 0 spiro atoms. The molecule has 0 radical (unpaired) electrons. The minimum atomic E-state index is 0.241. The molecule has 1 unspecified atom stereocenters. The lowest BCUT2D eigenvalue weighted by Gasteiger charge is -2.16. The highest BCUT2D eigenvalue weighted by Crippen LogP contribution is 2.19. The van der Waals surface area contributed by atoms with Crippen molar-refractivity contribution in [2.24, 2.45) is 5.84 Å². The Kier molecular flexibility index (Phi) is 6.52. The average Bonchev–Trinajstić information content (AvgIpc) is 2.31. The maximum atomic E-state index is 6.20. The van der Waals surface area contributed by atoms with E-state index in [0.717, 1.165) is 36.5 Å². The number of methoxy groups -OCH3 is 1. The summed E-state index contributed by atoms with van der Waals surface area (Å²) >= 11 is 6.20. The van der Waals surface area contributed by atoms with Gasteiger partial charge in [-0.2, -0.15) is 0 Å². The number of hydrogen-bond acceptors (Lipinski definition) is 3. The van der Waals surface area contributed by atoms with Gasteiger partial charge in [0, 0.05) is 24.8 Å². The van der Waals surface area contributed by atoms with Crippen molar-refractivity contribution in [1.29, 1.82) is 0 Å². The van der Waals surface area contributed by atoms with Gasteiger partial charge in [-0.3, -0.25) is 11.3 Å². The maximum Gasteiger partial charge on any atom is 0.0462 e. The molecule has 0 aliphatic carbocycles. The molecule has 1 atom stereocenters. The third-order valence-electron chi connectivity index (χ3n) is 2.81. The summed E-state index contributed by atoms with van der Waals surface area (Å²) in [6.07, 6.45) is 2.82. The molecule has 0 aliphatic heterocycles. The first-order valence-electron chi connectivity index (χ1n) is 5.87. The lowest BCUT2D eigenvalue weighted by molar-refractivity contribution is 0.188. The second kappa shape index (κ2) is 7.67. The topological polar surface area (TPSA) is 47.3 Å². The number of ether oxygens (including phenoxy) is 1. The third-order valence-corrected chi connectivity index (χ3v) is 3.16. The molecule has 3 N–H and O–H groups in total. The summed E-state index contributed by atoms with van der Waals surface area (Å²) in [5, 5.41) is 0.817. The van der Waals surface area contributed by atoms with Crippen molar-refractivity contribution in [2.75, 3.05) is 13.7 Å². The van der Waals surface area contributed by atoms with Crippen molar-refractivity contribution in [3.05, 3.63) is 34.3 Å². The first kappa shape index (κ1) is 14.5. The lowest BCUT2D eigenvalue weighted by Crippen LogP contribution is -2.37. The van der Waals surface area contributed by atoms with E-state index < -0.39 is 0 Å². The van der Waals surface area contributed by atoms with Crippen LogP contribution in [0.1, 0.15) is 24.0 Å². The van der Waals surface area contributed by atoms with Gasteiger partial charge in [0.15, 0.2) is 0 Å². The van der Waals surface area contributed by atoms with Crippen molar-refractivity contribution in [3.8, 4) is 0 Å². The van der Waals surface area contributed by atoms with Crippen LogP contribution in [-0.2, 0) is 11.2 Å². The molecular weight excluding hydrogens is 236 g/mol. The van der Waals surface area contributed by atoms with Gasteiger partial charge in [-0.25, -0.2) is 0 Å². The van der Waals surface area contributed by atoms with E-state index in [0.29, 0.717) is 0 Å². The van der Waals surface area contributed by atoms with Gasteiger partial charge in [-0.1, -0.05) is 23.7 Å². The largest absolute Gasteiger partial charge is 0.385 e. The van der Waals surface area contributed by atoms with Crippen LogP contribution in [0, 0.1) is 6.92 Å². The molecule has 17 heavy (non-hydrogen) atoms. The highest BCUT2D eigenvalue weighted by molar-refractivity contribution is 6.31. The molecule has 1 rings (SSSR count). The number of nitrogens with two attached hydrogens (primary N) is 1. The van der Waals surface area contributed by atoms with Gasteiger partial charge in [-0.05, 0) is 43.4 Å². The number of nitrogens with one attached hydrogen (secondary N) is 1. The molecule has 4 heteroatoms. The van der Waals surface area contributed by atoms with E-state index >= 15 is 0 Å². The van der Waals surface area contributed by atoms with Crippen LogP contribution in [0.2, 0.25) is 5.02 Å². The molecule has 0 saturated carbocycles. The molecule has 3 nitrogen and oxygen atoms in total. The molecule has 1 aromatic carbocycles. The molecule has 0 bridgehead atoms.